The molecule has 26 heavy (non-hydrogen) atoms. The van der Waals surface area contributed by atoms with Crippen LogP contribution in [0.4, 0.5) is 0 Å². The molecule has 1 aliphatic rings. The number of rotatable bonds is 5. The van der Waals surface area contributed by atoms with Crippen molar-refractivity contribution in [2.75, 3.05) is 6.61 Å². The molecule has 1 N–H and O–H groups in total. The quantitative estimate of drug-likeness (QED) is 0.593. The molecule has 0 saturated carbocycles. The number of hydrogen-bond donors (Lipinski definition) is 1. The molecule has 0 fully saturated rings. The van der Waals surface area contributed by atoms with Crippen molar-refractivity contribution in [2.24, 2.45) is 0 Å². The standard InChI is InChI=1S/C20H22ClNO3S/c1-13(14-7-5-8-16(21)10-14)22-19(23)12-25-20(24)18-11-15-6-3-2-4-9-17(15)26-18/h5,7-8,10-11,13H,2-4,6,9,12H2,1H3,(H,22,23)/t13-/m1/s1. The van der Waals surface area contributed by atoms with Crippen LogP contribution >= 0.6 is 22.9 Å². The summed E-state index contributed by atoms with van der Waals surface area (Å²) in [5.74, 6) is -0.752. The highest BCUT2D eigenvalue weighted by molar-refractivity contribution is 7.14. The Labute approximate surface area is 162 Å². The van der Waals surface area contributed by atoms with E-state index in [-0.39, 0.29) is 18.6 Å². The lowest BCUT2D eigenvalue weighted by Gasteiger charge is -2.14. The second-order valence-corrected chi connectivity index (χ2v) is 8.11. The van der Waals surface area contributed by atoms with Crippen molar-refractivity contribution in [3.05, 3.63) is 56.2 Å². The van der Waals surface area contributed by atoms with Crippen LogP contribution in [-0.2, 0) is 22.4 Å². The van der Waals surface area contributed by atoms with Gasteiger partial charge in [0.2, 0.25) is 0 Å². The third kappa shape index (κ3) is 4.86. The van der Waals surface area contributed by atoms with E-state index < -0.39 is 5.97 Å². The van der Waals surface area contributed by atoms with Gasteiger partial charge in [0.05, 0.1) is 6.04 Å². The summed E-state index contributed by atoms with van der Waals surface area (Å²) in [5, 5.41) is 3.43. The predicted octanol–water partition coefficient (Wildman–Crippen LogP) is 4.70. The lowest BCUT2D eigenvalue weighted by atomic mass is 10.1. The SMILES string of the molecule is C[C@@H](NC(=O)COC(=O)c1cc2c(s1)CCCCC2)c1cccc(Cl)c1. The summed E-state index contributed by atoms with van der Waals surface area (Å²) in [6, 6.07) is 9.03. The third-order valence-electron chi connectivity index (χ3n) is 4.51. The topological polar surface area (TPSA) is 55.4 Å². The van der Waals surface area contributed by atoms with Crippen molar-refractivity contribution in [3.8, 4) is 0 Å². The average Bonchev–Trinajstić information content (AvgIpc) is 2.90. The Bertz CT molecular complexity index is 779. The fraction of sp³-hybridized carbons (Fsp3) is 0.400. The van der Waals surface area contributed by atoms with E-state index >= 15 is 0 Å². The van der Waals surface area contributed by atoms with Gasteiger partial charge in [0.25, 0.3) is 5.91 Å². The molecule has 4 nitrogen and oxygen atoms in total. The van der Waals surface area contributed by atoms with Crippen LogP contribution in [0.1, 0.15) is 57.9 Å². The largest absolute Gasteiger partial charge is 0.451 e. The average molecular weight is 392 g/mol. The summed E-state index contributed by atoms with van der Waals surface area (Å²) >= 11 is 7.47. The van der Waals surface area contributed by atoms with Crippen LogP contribution in [0.5, 0.6) is 0 Å². The maximum Gasteiger partial charge on any atom is 0.348 e. The van der Waals surface area contributed by atoms with Crippen molar-refractivity contribution in [1.82, 2.24) is 5.32 Å². The first kappa shape index (κ1) is 18.9. The molecule has 0 saturated heterocycles. The van der Waals surface area contributed by atoms with Crippen LogP contribution in [0.15, 0.2) is 30.3 Å². The van der Waals surface area contributed by atoms with Gasteiger partial charge in [-0.3, -0.25) is 4.79 Å². The smallest absolute Gasteiger partial charge is 0.348 e. The number of benzene rings is 1. The number of esters is 1. The first-order valence-corrected chi connectivity index (χ1v) is 10.1. The second kappa shape index (κ2) is 8.69. The summed E-state index contributed by atoms with van der Waals surface area (Å²) in [7, 11) is 0. The number of aryl methyl sites for hydroxylation is 2. The zero-order chi connectivity index (χ0) is 18.5. The molecule has 1 aliphatic carbocycles. The molecule has 6 heteroatoms. The molecule has 138 valence electrons. The Morgan fingerprint density at radius 3 is 2.85 bits per heavy atom. The molecule has 0 unspecified atom stereocenters. The van der Waals surface area contributed by atoms with E-state index in [1.807, 2.05) is 25.1 Å². The molecule has 1 aromatic carbocycles. The van der Waals surface area contributed by atoms with E-state index in [4.69, 9.17) is 16.3 Å². The molecule has 0 bridgehead atoms. The molecule has 0 radical (unpaired) electrons. The molecule has 3 rings (SSSR count). The van der Waals surface area contributed by atoms with E-state index in [9.17, 15) is 9.59 Å². The molecule has 0 spiro atoms. The van der Waals surface area contributed by atoms with Crippen LogP contribution in [0.25, 0.3) is 0 Å². The van der Waals surface area contributed by atoms with E-state index in [0.717, 1.165) is 18.4 Å². The van der Waals surface area contributed by atoms with Crippen LogP contribution in [0.3, 0.4) is 0 Å². The first-order chi connectivity index (χ1) is 12.5. The van der Waals surface area contributed by atoms with Crippen LogP contribution in [0.2, 0.25) is 5.02 Å². The number of thiophene rings is 1. The number of amides is 1. The summed E-state index contributed by atoms with van der Waals surface area (Å²) in [6.07, 6.45) is 5.64. The summed E-state index contributed by atoms with van der Waals surface area (Å²) < 4.78 is 5.19. The van der Waals surface area contributed by atoms with Crippen molar-refractivity contribution in [2.45, 2.75) is 45.1 Å². The first-order valence-electron chi connectivity index (χ1n) is 8.86. The number of carbonyl (C=O) groups excluding carboxylic acids is 2. The van der Waals surface area contributed by atoms with Gasteiger partial charge in [0.1, 0.15) is 4.88 Å². The molecule has 1 amide bonds. The van der Waals surface area contributed by atoms with Gasteiger partial charge in [0.15, 0.2) is 6.61 Å². The number of fused-ring (bicyclic) bond motifs is 1. The lowest BCUT2D eigenvalue weighted by Crippen LogP contribution is -2.31. The van der Waals surface area contributed by atoms with E-state index in [2.05, 4.69) is 5.32 Å². The number of carbonyl (C=O) groups is 2. The molecule has 0 aliphatic heterocycles. The van der Waals surface area contributed by atoms with E-state index in [0.29, 0.717) is 9.90 Å². The molecule has 1 heterocycles. The van der Waals surface area contributed by atoms with Crippen LogP contribution < -0.4 is 5.32 Å². The minimum atomic E-state index is -0.423. The summed E-state index contributed by atoms with van der Waals surface area (Å²) in [4.78, 5) is 26.2. The van der Waals surface area contributed by atoms with Gasteiger partial charge in [-0.05, 0) is 61.9 Å². The molecular weight excluding hydrogens is 370 g/mol. The fourth-order valence-corrected chi connectivity index (χ4v) is 4.46. The van der Waals surface area contributed by atoms with Gasteiger partial charge in [-0.15, -0.1) is 11.3 Å². The van der Waals surface area contributed by atoms with E-state index in [1.165, 1.54) is 41.0 Å². The molecule has 2 aromatic rings. The molecule has 1 aromatic heterocycles. The zero-order valence-electron chi connectivity index (χ0n) is 14.7. The Morgan fingerprint density at radius 1 is 1.23 bits per heavy atom. The highest BCUT2D eigenvalue weighted by Gasteiger charge is 2.19. The van der Waals surface area contributed by atoms with Gasteiger partial charge in [0, 0.05) is 9.90 Å². The minimum absolute atomic E-state index is 0.210. The zero-order valence-corrected chi connectivity index (χ0v) is 16.3. The Kier molecular flexibility index (Phi) is 6.33. The van der Waals surface area contributed by atoms with Crippen LogP contribution in [-0.4, -0.2) is 18.5 Å². The monoisotopic (exact) mass is 391 g/mol. The number of ether oxygens (including phenoxy) is 1. The van der Waals surface area contributed by atoms with Gasteiger partial charge in [-0.1, -0.05) is 30.2 Å². The minimum Gasteiger partial charge on any atom is -0.451 e. The van der Waals surface area contributed by atoms with Crippen molar-refractivity contribution in [3.63, 3.8) is 0 Å². The van der Waals surface area contributed by atoms with Gasteiger partial charge >= 0.3 is 5.97 Å². The van der Waals surface area contributed by atoms with Crippen molar-refractivity contribution < 1.29 is 14.3 Å². The highest BCUT2D eigenvalue weighted by Crippen LogP contribution is 2.29. The Hall–Kier alpha value is -1.85. The third-order valence-corrected chi connectivity index (χ3v) is 5.96. The fourth-order valence-electron chi connectivity index (χ4n) is 3.11. The Balaban J connectivity index is 1.52. The summed E-state index contributed by atoms with van der Waals surface area (Å²) in [5.41, 5.74) is 2.16. The van der Waals surface area contributed by atoms with Gasteiger partial charge in [-0.25, -0.2) is 4.79 Å². The van der Waals surface area contributed by atoms with Crippen molar-refractivity contribution in [1.29, 1.82) is 0 Å². The number of nitrogens with one attached hydrogen (secondary N) is 1. The normalized spacial score (nSPS) is 14.8. The predicted molar refractivity (Wildman–Crippen MR) is 104 cm³/mol. The second-order valence-electron chi connectivity index (χ2n) is 6.54. The Morgan fingerprint density at radius 2 is 2.04 bits per heavy atom. The summed E-state index contributed by atoms with van der Waals surface area (Å²) in [6.45, 7) is 1.58. The maximum absolute atomic E-state index is 12.2. The number of hydrogen-bond acceptors (Lipinski definition) is 4. The van der Waals surface area contributed by atoms with E-state index in [1.54, 1.807) is 12.1 Å². The van der Waals surface area contributed by atoms with Crippen molar-refractivity contribution >= 4 is 34.8 Å². The van der Waals surface area contributed by atoms with Gasteiger partial charge < -0.3 is 10.1 Å². The lowest BCUT2D eigenvalue weighted by molar-refractivity contribution is -0.124. The van der Waals surface area contributed by atoms with Crippen LogP contribution in [0, 0.1) is 0 Å². The highest BCUT2D eigenvalue weighted by atomic mass is 35.5. The number of halogens is 1. The molecule has 1 atom stereocenters. The maximum atomic E-state index is 12.2. The van der Waals surface area contributed by atoms with Gasteiger partial charge in [-0.2, -0.15) is 0 Å². The molecular formula is C20H22ClNO3S.